The van der Waals surface area contributed by atoms with E-state index >= 15 is 0 Å². The predicted octanol–water partition coefficient (Wildman–Crippen LogP) is 4.73. The van der Waals surface area contributed by atoms with E-state index in [4.69, 9.17) is 5.73 Å². The summed E-state index contributed by atoms with van der Waals surface area (Å²) >= 11 is 1.85. The minimum absolute atomic E-state index is 0.246. The van der Waals surface area contributed by atoms with E-state index in [0.717, 1.165) is 12.8 Å². The van der Waals surface area contributed by atoms with Crippen LogP contribution in [-0.2, 0) is 6.42 Å². The number of nitrogens with two attached hydrogens (primary N) is 1. The van der Waals surface area contributed by atoms with Crippen LogP contribution in [0.4, 0.5) is 0 Å². The Morgan fingerprint density at radius 3 is 2.50 bits per heavy atom. The monoisotopic (exact) mass is 285 g/mol. The van der Waals surface area contributed by atoms with E-state index in [9.17, 15) is 0 Å². The molecule has 2 rings (SSSR count). The van der Waals surface area contributed by atoms with Crippen molar-refractivity contribution in [1.82, 2.24) is 0 Å². The van der Waals surface area contributed by atoms with Crippen LogP contribution in [0, 0.1) is 13.8 Å². The molecule has 1 atom stereocenters. The summed E-state index contributed by atoms with van der Waals surface area (Å²) in [5, 5.41) is 0. The number of aryl methyl sites for hydroxylation is 2. The summed E-state index contributed by atoms with van der Waals surface area (Å²) in [4.78, 5) is 2.65. The van der Waals surface area contributed by atoms with Gasteiger partial charge in [0.2, 0.25) is 0 Å². The molecule has 0 saturated heterocycles. The van der Waals surface area contributed by atoms with Crippen molar-refractivity contribution in [3.8, 4) is 0 Å². The lowest BCUT2D eigenvalue weighted by atomic mass is 10.1. The third-order valence-corrected chi connectivity index (χ3v) is 4.83. The molecule has 2 N–H and O–H groups in total. The zero-order valence-electron chi connectivity index (χ0n) is 12.5. The summed E-state index contributed by atoms with van der Waals surface area (Å²) < 4.78 is 0. The van der Waals surface area contributed by atoms with Crippen molar-refractivity contribution in [1.29, 1.82) is 0 Å². The van der Waals surface area contributed by atoms with Gasteiger partial charge in [-0.1, -0.05) is 54.6 Å². The first-order valence-electron chi connectivity index (χ1n) is 7.18. The first-order valence-corrected chi connectivity index (χ1v) is 8.00. The zero-order valence-corrected chi connectivity index (χ0v) is 13.3. The Balaban J connectivity index is 2.24. The van der Waals surface area contributed by atoms with E-state index in [0.29, 0.717) is 0 Å². The SMILES string of the molecule is CCC(N)Cc1ccccc1Sc1ccc(C)cc1C. The van der Waals surface area contributed by atoms with Gasteiger partial charge in [-0.3, -0.25) is 0 Å². The maximum atomic E-state index is 6.11. The van der Waals surface area contributed by atoms with E-state index in [1.54, 1.807) is 0 Å². The van der Waals surface area contributed by atoms with Crippen LogP contribution in [0.1, 0.15) is 30.0 Å². The normalized spacial score (nSPS) is 12.4. The molecule has 1 unspecified atom stereocenters. The van der Waals surface area contributed by atoms with Gasteiger partial charge in [0.15, 0.2) is 0 Å². The molecule has 106 valence electrons. The smallest absolute Gasteiger partial charge is 0.0155 e. The number of hydrogen-bond acceptors (Lipinski definition) is 2. The van der Waals surface area contributed by atoms with E-state index < -0.39 is 0 Å². The second-order valence-electron chi connectivity index (χ2n) is 5.35. The molecular weight excluding hydrogens is 262 g/mol. The first-order chi connectivity index (χ1) is 9.60. The van der Waals surface area contributed by atoms with E-state index in [1.807, 2.05) is 11.8 Å². The minimum Gasteiger partial charge on any atom is -0.327 e. The zero-order chi connectivity index (χ0) is 14.5. The van der Waals surface area contributed by atoms with Gasteiger partial charge in [0, 0.05) is 15.8 Å². The van der Waals surface area contributed by atoms with Crippen LogP contribution in [0.2, 0.25) is 0 Å². The highest BCUT2D eigenvalue weighted by Crippen LogP contribution is 2.33. The van der Waals surface area contributed by atoms with Crippen molar-refractivity contribution in [3.05, 3.63) is 59.2 Å². The predicted molar refractivity (Wildman–Crippen MR) is 88.5 cm³/mol. The fourth-order valence-electron chi connectivity index (χ4n) is 2.23. The van der Waals surface area contributed by atoms with Crippen molar-refractivity contribution in [2.24, 2.45) is 5.73 Å². The van der Waals surface area contributed by atoms with E-state index in [-0.39, 0.29) is 6.04 Å². The van der Waals surface area contributed by atoms with Gasteiger partial charge < -0.3 is 5.73 Å². The molecular formula is C18H23NS. The van der Waals surface area contributed by atoms with Crippen LogP contribution in [0.25, 0.3) is 0 Å². The summed E-state index contributed by atoms with van der Waals surface area (Å²) in [6, 6.07) is 15.5. The molecule has 0 fully saturated rings. The summed E-state index contributed by atoms with van der Waals surface area (Å²) in [5.74, 6) is 0. The second-order valence-corrected chi connectivity index (χ2v) is 6.43. The summed E-state index contributed by atoms with van der Waals surface area (Å²) in [7, 11) is 0. The number of benzene rings is 2. The lowest BCUT2D eigenvalue weighted by Gasteiger charge is -2.14. The Labute approximate surface area is 126 Å². The fraction of sp³-hybridized carbons (Fsp3) is 0.333. The van der Waals surface area contributed by atoms with Crippen LogP contribution in [0.5, 0.6) is 0 Å². The lowest BCUT2D eigenvalue weighted by Crippen LogP contribution is -2.21. The largest absolute Gasteiger partial charge is 0.327 e. The molecule has 0 amide bonds. The molecule has 1 nitrogen and oxygen atoms in total. The molecule has 0 radical (unpaired) electrons. The van der Waals surface area contributed by atoms with Crippen LogP contribution < -0.4 is 5.73 Å². The second kappa shape index (κ2) is 6.96. The van der Waals surface area contributed by atoms with Crippen LogP contribution in [0.3, 0.4) is 0 Å². The topological polar surface area (TPSA) is 26.0 Å². The maximum Gasteiger partial charge on any atom is 0.0155 e. The minimum atomic E-state index is 0.246. The molecule has 0 aromatic heterocycles. The Morgan fingerprint density at radius 1 is 1.05 bits per heavy atom. The first kappa shape index (κ1) is 15.1. The van der Waals surface area contributed by atoms with Gasteiger partial charge in [0.05, 0.1) is 0 Å². The van der Waals surface area contributed by atoms with Crippen molar-refractivity contribution >= 4 is 11.8 Å². The molecule has 0 aliphatic rings. The van der Waals surface area contributed by atoms with Crippen molar-refractivity contribution in [2.45, 2.75) is 49.4 Å². The summed E-state index contributed by atoms with van der Waals surface area (Å²) in [6.45, 7) is 6.45. The van der Waals surface area contributed by atoms with Crippen LogP contribution in [0.15, 0.2) is 52.3 Å². The van der Waals surface area contributed by atoms with Crippen LogP contribution >= 0.6 is 11.8 Å². The highest BCUT2D eigenvalue weighted by Gasteiger charge is 2.09. The van der Waals surface area contributed by atoms with Gasteiger partial charge in [-0.2, -0.15) is 0 Å². The summed E-state index contributed by atoms with van der Waals surface area (Å²) in [5.41, 5.74) is 10.1. The quantitative estimate of drug-likeness (QED) is 0.859. The lowest BCUT2D eigenvalue weighted by molar-refractivity contribution is 0.641. The molecule has 0 bridgehead atoms. The van der Waals surface area contributed by atoms with Gasteiger partial charge in [-0.15, -0.1) is 0 Å². The highest BCUT2D eigenvalue weighted by atomic mass is 32.2. The third-order valence-electron chi connectivity index (χ3n) is 3.53. The van der Waals surface area contributed by atoms with Crippen molar-refractivity contribution in [3.63, 3.8) is 0 Å². The molecule has 2 heteroatoms. The molecule has 0 heterocycles. The molecule has 0 aliphatic heterocycles. The molecule has 20 heavy (non-hydrogen) atoms. The van der Waals surface area contributed by atoms with Crippen molar-refractivity contribution in [2.75, 3.05) is 0 Å². The Bertz CT molecular complexity index is 577. The number of hydrogen-bond donors (Lipinski definition) is 1. The molecule has 0 spiro atoms. The Kier molecular flexibility index (Phi) is 5.27. The van der Waals surface area contributed by atoms with Gasteiger partial charge in [0.1, 0.15) is 0 Å². The molecule has 0 saturated carbocycles. The maximum absolute atomic E-state index is 6.11. The van der Waals surface area contributed by atoms with Gasteiger partial charge in [-0.05, 0) is 49.9 Å². The summed E-state index contributed by atoms with van der Waals surface area (Å²) in [6.07, 6.45) is 1.97. The Morgan fingerprint density at radius 2 is 1.80 bits per heavy atom. The van der Waals surface area contributed by atoms with E-state index in [2.05, 4.69) is 63.2 Å². The van der Waals surface area contributed by atoms with Gasteiger partial charge in [0.25, 0.3) is 0 Å². The van der Waals surface area contributed by atoms with Gasteiger partial charge >= 0.3 is 0 Å². The Hall–Kier alpha value is -1.25. The molecule has 2 aromatic carbocycles. The standard InChI is InChI=1S/C18H23NS/c1-4-16(19)12-15-7-5-6-8-18(15)20-17-10-9-13(2)11-14(17)3/h5-11,16H,4,12,19H2,1-3H3. The highest BCUT2D eigenvalue weighted by molar-refractivity contribution is 7.99. The molecule has 0 aliphatic carbocycles. The number of rotatable bonds is 5. The van der Waals surface area contributed by atoms with Crippen LogP contribution in [-0.4, -0.2) is 6.04 Å². The van der Waals surface area contributed by atoms with Crippen molar-refractivity contribution < 1.29 is 0 Å². The third kappa shape index (κ3) is 3.87. The average molecular weight is 285 g/mol. The van der Waals surface area contributed by atoms with E-state index in [1.165, 1.54) is 26.5 Å². The fourth-order valence-corrected chi connectivity index (χ4v) is 3.25. The molecule has 2 aromatic rings. The average Bonchev–Trinajstić information content (AvgIpc) is 2.43. The van der Waals surface area contributed by atoms with Gasteiger partial charge in [-0.25, -0.2) is 0 Å².